The van der Waals surface area contributed by atoms with E-state index in [1.165, 1.54) is 6.92 Å². The maximum atomic E-state index is 12.8. The summed E-state index contributed by atoms with van der Waals surface area (Å²) < 4.78 is 7.21. The first-order valence-corrected chi connectivity index (χ1v) is 12.1. The highest BCUT2D eigenvalue weighted by molar-refractivity contribution is 6.08. The van der Waals surface area contributed by atoms with Crippen molar-refractivity contribution in [2.75, 3.05) is 19.8 Å². The van der Waals surface area contributed by atoms with Crippen molar-refractivity contribution in [2.45, 2.75) is 38.6 Å². The highest BCUT2D eigenvalue weighted by Crippen LogP contribution is 2.13. The highest BCUT2D eigenvalue weighted by atomic mass is 16.5. The second kappa shape index (κ2) is 15.0. The van der Waals surface area contributed by atoms with E-state index in [2.05, 4.69) is 0 Å². The summed E-state index contributed by atoms with van der Waals surface area (Å²) in [6.45, 7) is 3.14. The van der Waals surface area contributed by atoms with Crippen molar-refractivity contribution in [1.82, 2.24) is 4.57 Å². The third-order valence-corrected chi connectivity index (χ3v) is 5.76. The van der Waals surface area contributed by atoms with Gasteiger partial charge in [0, 0.05) is 18.3 Å². The Morgan fingerprint density at radius 1 is 1.00 bits per heavy atom. The van der Waals surface area contributed by atoms with Crippen LogP contribution in [0.15, 0.2) is 72.9 Å². The summed E-state index contributed by atoms with van der Waals surface area (Å²) in [5, 5.41) is 33.9. The summed E-state index contributed by atoms with van der Waals surface area (Å²) in [6, 6.07) is 19.0. The number of benzene rings is 2. The van der Waals surface area contributed by atoms with Crippen LogP contribution in [0, 0.1) is 6.92 Å². The van der Waals surface area contributed by atoms with Crippen LogP contribution in [-0.2, 0) is 22.7 Å². The number of nitrogens with zero attached hydrogens (tertiary/aromatic N) is 1. The Morgan fingerprint density at radius 3 is 2.13 bits per heavy atom. The number of rotatable bonds is 12. The number of carbonyl (C=O) groups is 2. The quantitative estimate of drug-likeness (QED) is 0.226. The number of carboxylic acids is 1. The number of allylic oxidation sites excluding steroid dienone is 1. The topological polar surface area (TPSA) is 155 Å². The molecule has 6 N–H and O–H groups in total. The zero-order valence-electron chi connectivity index (χ0n) is 21.7. The van der Waals surface area contributed by atoms with Crippen LogP contribution in [0.1, 0.15) is 39.7 Å². The number of hydrogen-bond acceptors (Lipinski definition) is 7. The summed E-state index contributed by atoms with van der Waals surface area (Å²) in [7, 11) is 0. The van der Waals surface area contributed by atoms with Gasteiger partial charge < -0.3 is 35.5 Å². The van der Waals surface area contributed by atoms with Crippen LogP contribution >= 0.6 is 0 Å². The van der Waals surface area contributed by atoms with Gasteiger partial charge in [-0.1, -0.05) is 66.2 Å². The minimum absolute atomic E-state index is 0.00772. The summed E-state index contributed by atoms with van der Waals surface area (Å²) in [5.74, 6) is -0.965. The third kappa shape index (κ3) is 9.37. The second-order valence-corrected chi connectivity index (χ2v) is 9.01. The minimum atomic E-state index is -1.21. The smallest absolute Gasteiger partial charge is 0.332 e. The number of aryl methyl sites for hydroxylation is 1. The van der Waals surface area contributed by atoms with Gasteiger partial charge in [0.15, 0.2) is 6.10 Å². The molecule has 0 spiro atoms. The lowest BCUT2D eigenvalue weighted by Crippen LogP contribution is -2.50. The fraction of sp³-hybridized carbons (Fsp3) is 0.310. The summed E-state index contributed by atoms with van der Waals surface area (Å²) in [5.41, 5.74) is 8.33. The molecule has 0 fully saturated rings. The molecule has 0 aliphatic carbocycles. The van der Waals surface area contributed by atoms with Crippen molar-refractivity contribution in [3.05, 3.63) is 101 Å². The molecule has 1 aromatic heterocycles. The largest absolute Gasteiger partial charge is 0.479 e. The Labute approximate surface area is 222 Å². The summed E-state index contributed by atoms with van der Waals surface area (Å²) >= 11 is 0. The molecule has 9 heteroatoms. The third-order valence-electron chi connectivity index (χ3n) is 5.76. The monoisotopic (exact) mass is 524 g/mol. The van der Waals surface area contributed by atoms with Gasteiger partial charge in [-0.25, -0.2) is 4.79 Å². The van der Waals surface area contributed by atoms with Crippen LogP contribution in [0.5, 0.6) is 0 Å². The molecule has 3 rings (SSSR count). The molecule has 3 aromatic rings. The van der Waals surface area contributed by atoms with Gasteiger partial charge in [0.05, 0.1) is 37.7 Å². The Hall–Kier alpha value is -3.60. The number of aliphatic carboxylic acids is 1. The number of ketones is 1. The average molecular weight is 525 g/mol. The lowest BCUT2D eigenvalue weighted by Gasteiger charge is -2.20. The molecular formula is C29H36N2O7. The zero-order valence-corrected chi connectivity index (χ0v) is 21.7. The Kier molecular flexibility index (Phi) is 12.1. The van der Waals surface area contributed by atoms with Crippen LogP contribution in [0.3, 0.4) is 0 Å². The van der Waals surface area contributed by atoms with Crippen molar-refractivity contribution in [2.24, 2.45) is 5.73 Å². The molecule has 1 heterocycles. The van der Waals surface area contributed by atoms with E-state index in [0.717, 1.165) is 16.7 Å². The number of nitrogens with two attached hydrogens (primary N) is 1. The lowest BCUT2D eigenvalue weighted by atomic mass is 10.1. The van der Waals surface area contributed by atoms with Crippen molar-refractivity contribution < 1.29 is 34.8 Å². The van der Waals surface area contributed by atoms with E-state index in [1.807, 2.05) is 90.5 Å². The molecule has 0 amide bonds. The fourth-order valence-electron chi connectivity index (χ4n) is 3.10. The summed E-state index contributed by atoms with van der Waals surface area (Å²) in [6.07, 6.45) is 5.06. The molecule has 0 aliphatic heterocycles. The predicted octanol–water partition coefficient (Wildman–Crippen LogP) is 2.39. The van der Waals surface area contributed by atoms with Crippen molar-refractivity contribution in [1.29, 1.82) is 0 Å². The Bertz CT molecular complexity index is 1170. The molecule has 204 valence electrons. The van der Waals surface area contributed by atoms with E-state index in [9.17, 15) is 9.59 Å². The van der Waals surface area contributed by atoms with E-state index >= 15 is 0 Å². The number of carboxylic acid groups (broad SMARTS) is 1. The first-order valence-electron chi connectivity index (χ1n) is 12.1. The van der Waals surface area contributed by atoms with Crippen LogP contribution in [-0.4, -0.2) is 68.2 Å². The van der Waals surface area contributed by atoms with Crippen LogP contribution in [0.4, 0.5) is 0 Å². The van der Waals surface area contributed by atoms with Gasteiger partial charge in [-0.05, 0) is 37.1 Å². The molecule has 0 bridgehead atoms. The zero-order chi connectivity index (χ0) is 28.1. The summed E-state index contributed by atoms with van der Waals surface area (Å²) in [4.78, 5) is 23.6. The highest BCUT2D eigenvalue weighted by Gasteiger charge is 2.20. The number of aliphatic hydroxyl groups is 3. The van der Waals surface area contributed by atoms with Crippen LogP contribution in [0.2, 0.25) is 0 Å². The van der Waals surface area contributed by atoms with Crippen molar-refractivity contribution in [3.8, 4) is 0 Å². The number of aromatic nitrogens is 1. The van der Waals surface area contributed by atoms with Crippen LogP contribution in [0.25, 0.3) is 6.08 Å². The SMILES string of the molecule is Cc1ccc(C(=O)c2cccn2C/C=C/c2ccc(CO[C@H](C)C(=O)O)cc2)cc1.NC(CO)(CO)CO. The van der Waals surface area contributed by atoms with E-state index < -0.39 is 37.4 Å². The second-order valence-electron chi connectivity index (χ2n) is 9.01. The van der Waals surface area contributed by atoms with Gasteiger partial charge in [0.1, 0.15) is 0 Å². The first kappa shape index (κ1) is 30.6. The van der Waals surface area contributed by atoms with Crippen molar-refractivity contribution >= 4 is 17.8 Å². The fourth-order valence-corrected chi connectivity index (χ4v) is 3.10. The molecule has 0 aliphatic rings. The van der Waals surface area contributed by atoms with E-state index in [1.54, 1.807) is 0 Å². The number of hydrogen-bond donors (Lipinski definition) is 5. The molecule has 2 aromatic carbocycles. The van der Waals surface area contributed by atoms with Gasteiger partial charge in [-0.15, -0.1) is 0 Å². The molecule has 0 saturated carbocycles. The molecule has 0 saturated heterocycles. The molecule has 38 heavy (non-hydrogen) atoms. The van der Waals surface area contributed by atoms with Crippen molar-refractivity contribution in [3.63, 3.8) is 0 Å². The molecule has 9 nitrogen and oxygen atoms in total. The molecular weight excluding hydrogens is 488 g/mol. The van der Waals surface area contributed by atoms with E-state index in [4.69, 9.17) is 30.9 Å². The van der Waals surface area contributed by atoms with Gasteiger partial charge in [0.25, 0.3) is 0 Å². The molecule has 0 radical (unpaired) electrons. The minimum Gasteiger partial charge on any atom is -0.479 e. The van der Waals surface area contributed by atoms with Gasteiger partial charge >= 0.3 is 5.97 Å². The average Bonchev–Trinajstić information content (AvgIpc) is 3.40. The van der Waals surface area contributed by atoms with Gasteiger partial charge in [-0.3, -0.25) is 4.79 Å². The van der Waals surface area contributed by atoms with E-state index in [-0.39, 0.29) is 12.4 Å². The standard InChI is InChI=1S/C25H25NO4.C4H11NO3/c1-18-7-13-22(14-8-18)24(27)23-6-4-16-26(23)15-3-5-20-9-11-21(12-10-20)17-30-19(2)25(28)29;5-4(1-6,2-7)3-8/h3-14,16,19H,15,17H2,1-2H3,(H,28,29);6-8H,1-3,5H2/b5-3+;/t19-;/m1./s1. The maximum absolute atomic E-state index is 12.8. The molecule has 1 atom stereocenters. The number of ether oxygens (including phenoxy) is 1. The van der Waals surface area contributed by atoms with E-state index in [0.29, 0.717) is 17.8 Å². The maximum Gasteiger partial charge on any atom is 0.332 e. The normalized spacial score (nSPS) is 12.2. The van der Waals surface area contributed by atoms with Gasteiger partial charge in [-0.2, -0.15) is 0 Å². The number of carbonyl (C=O) groups excluding carboxylic acids is 1. The Morgan fingerprint density at radius 2 is 1.61 bits per heavy atom. The lowest BCUT2D eigenvalue weighted by molar-refractivity contribution is -0.149. The van der Waals surface area contributed by atoms with Crippen LogP contribution < -0.4 is 5.73 Å². The van der Waals surface area contributed by atoms with Gasteiger partial charge in [0.2, 0.25) is 5.78 Å². The number of aliphatic hydroxyl groups excluding tert-OH is 3. The first-order chi connectivity index (χ1) is 18.1. The molecule has 0 unspecified atom stereocenters. The predicted molar refractivity (Wildman–Crippen MR) is 145 cm³/mol. The Balaban J connectivity index is 0.000000550.